The number of benzene rings is 1. The van der Waals surface area contributed by atoms with Crippen molar-refractivity contribution in [1.29, 1.82) is 0 Å². The van der Waals surface area contributed by atoms with Gasteiger partial charge < -0.3 is 15.0 Å². The summed E-state index contributed by atoms with van der Waals surface area (Å²) in [6.07, 6.45) is 0. The fourth-order valence-corrected chi connectivity index (χ4v) is 2.35. The highest BCUT2D eigenvalue weighted by atomic mass is 16.5. The predicted molar refractivity (Wildman–Crippen MR) is 82.1 cm³/mol. The first kappa shape index (κ1) is 16.0. The molecule has 0 aromatic heterocycles. The molecule has 3 heteroatoms. The molecule has 3 nitrogen and oxygen atoms in total. The Labute approximate surface area is 118 Å². The summed E-state index contributed by atoms with van der Waals surface area (Å²) >= 11 is 0. The number of likely N-dealkylation sites (N-methyl/N-ethyl adjacent to an activating group) is 2. The van der Waals surface area contributed by atoms with E-state index in [1.165, 1.54) is 22.3 Å². The number of hydrogen-bond donors (Lipinski definition) is 1. The molecule has 0 saturated carbocycles. The van der Waals surface area contributed by atoms with Gasteiger partial charge >= 0.3 is 0 Å². The summed E-state index contributed by atoms with van der Waals surface area (Å²) in [6.45, 7) is 12.8. The average molecular weight is 264 g/mol. The summed E-state index contributed by atoms with van der Waals surface area (Å²) in [4.78, 5) is 2.36. The zero-order valence-corrected chi connectivity index (χ0v) is 13.3. The smallest absolute Gasteiger partial charge is 0.122 e. The molecule has 0 saturated heterocycles. The van der Waals surface area contributed by atoms with E-state index in [0.717, 1.165) is 31.9 Å². The van der Waals surface area contributed by atoms with Crippen LogP contribution in [0.5, 0.6) is 5.75 Å². The molecular weight excluding hydrogens is 236 g/mol. The van der Waals surface area contributed by atoms with Crippen molar-refractivity contribution in [2.45, 2.75) is 34.2 Å². The van der Waals surface area contributed by atoms with Gasteiger partial charge in [-0.2, -0.15) is 0 Å². The van der Waals surface area contributed by atoms with Crippen molar-refractivity contribution >= 4 is 0 Å². The fourth-order valence-electron chi connectivity index (χ4n) is 2.35. The molecule has 19 heavy (non-hydrogen) atoms. The standard InChI is InChI=1S/C16H28N2O/c1-7-17-8-9-18(5)11-15-12(2)10-16(19-6)14(4)13(15)3/h10,17H,7-9,11H2,1-6H3. The highest BCUT2D eigenvalue weighted by Gasteiger charge is 2.12. The predicted octanol–water partition coefficient (Wildman–Crippen LogP) is 2.66. The lowest BCUT2D eigenvalue weighted by Gasteiger charge is -2.22. The topological polar surface area (TPSA) is 24.5 Å². The summed E-state index contributed by atoms with van der Waals surface area (Å²) in [5.41, 5.74) is 5.35. The van der Waals surface area contributed by atoms with Crippen molar-refractivity contribution in [2.75, 3.05) is 33.8 Å². The van der Waals surface area contributed by atoms with Gasteiger partial charge in [0.2, 0.25) is 0 Å². The number of rotatable bonds is 7. The van der Waals surface area contributed by atoms with Gasteiger partial charge in [0.05, 0.1) is 7.11 Å². The van der Waals surface area contributed by atoms with Crippen LogP contribution in [0.2, 0.25) is 0 Å². The second-order valence-corrected chi connectivity index (χ2v) is 5.22. The van der Waals surface area contributed by atoms with Crippen molar-refractivity contribution in [3.63, 3.8) is 0 Å². The van der Waals surface area contributed by atoms with Crippen LogP contribution >= 0.6 is 0 Å². The molecule has 0 radical (unpaired) electrons. The Morgan fingerprint density at radius 2 is 1.89 bits per heavy atom. The lowest BCUT2D eigenvalue weighted by atomic mass is 9.97. The molecule has 0 aliphatic carbocycles. The van der Waals surface area contributed by atoms with Crippen LogP contribution in [0, 0.1) is 20.8 Å². The summed E-state index contributed by atoms with van der Waals surface area (Å²) in [7, 11) is 3.92. The maximum atomic E-state index is 5.42. The zero-order valence-electron chi connectivity index (χ0n) is 13.3. The van der Waals surface area contributed by atoms with Crippen LogP contribution in [0.3, 0.4) is 0 Å². The Morgan fingerprint density at radius 3 is 2.47 bits per heavy atom. The molecule has 0 bridgehead atoms. The number of aryl methyl sites for hydroxylation is 1. The molecule has 0 aliphatic rings. The average Bonchev–Trinajstić information content (AvgIpc) is 2.39. The minimum Gasteiger partial charge on any atom is -0.496 e. The van der Waals surface area contributed by atoms with Crippen molar-refractivity contribution in [2.24, 2.45) is 0 Å². The summed E-state index contributed by atoms with van der Waals surface area (Å²) in [6, 6.07) is 2.15. The van der Waals surface area contributed by atoms with Gasteiger partial charge in [0.1, 0.15) is 5.75 Å². The maximum absolute atomic E-state index is 5.42. The van der Waals surface area contributed by atoms with Crippen LogP contribution in [-0.4, -0.2) is 38.7 Å². The monoisotopic (exact) mass is 264 g/mol. The van der Waals surface area contributed by atoms with Crippen LogP contribution in [0.4, 0.5) is 0 Å². The van der Waals surface area contributed by atoms with Gasteiger partial charge in [-0.1, -0.05) is 6.92 Å². The van der Waals surface area contributed by atoms with Gasteiger partial charge in [-0.3, -0.25) is 0 Å². The SMILES string of the molecule is CCNCCN(C)Cc1c(C)cc(OC)c(C)c1C. The minimum atomic E-state index is 0.994. The third-order valence-corrected chi connectivity index (χ3v) is 3.78. The summed E-state index contributed by atoms with van der Waals surface area (Å²) in [5, 5.41) is 3.36. The van der Waals surface area contributed by atoms with E-state index in [1.54, 1.807) is 7.11 Å². The van der Waals surface area contributed by atoms with Gasteiger partial charge in [0.15, 0.2) is 0 Å². The van der Waals surface area contributed by atoms with Gasteiger partial charge in [0, 0.05) is 19.6 Å². The molecule has 0 fully saturated rings. The van der Waals surface area contributed by atoms with Crippen LogP contribution in [0.15, 0.2) is 6.07 Å². The van der Waals surface area contributed by atoms with E-state index in [9.17, 15) is 0 Å². The van der Waals surface area contributed by atoms with Crippen LogP contribution in [-0.2, 0) is 6.54 Å². The third kappa shape index (κ3) is 4.22. The van der Waals surface area contributed by atoms with E-state index in [2.05, 4.69) is 51.0 Å². The molecule has 0 atom stereocenters. The van der Waals surface area contributed by atoms with E-state index in [0.29, 0.717) is 0 Å². The van der Waals surface area contributed by atoms with Crippen molar-refractivity contribution in [1.82, 2.24) is 10.2 Å². The van der Waals surface area contributed by atoms with Crippen LogP contribution in [0.1, 0.15) is 29.2 Å². The van der Waals surface area contributed by atoms with Crippen LogP contribution in [0.25, 0.3) is 0 Å². The second kappa shape index (κ2) is 7.51. The molecule has 0 spiro atoms. The molecule has 1 aromatic rings. The van der Waals surface area contributed by atoms with E-state index in [1.807, 2.05) is 0 Å². The lowest BCUT2D eigenvalue weighted by Crippen LogP contribution is -2.29. The van der Waals surface area contributed by atoms with E-state index in [4.69, 9.17) is 4.74 Å². The van der Waals surface area contributed by atoms with E-state index < -0.39 is 0 Å². The molecular formula is C16H28N2O. The van der Waals surface area contributed by atoms with Crippen molar-refractivity contribution in [3.05, 3.63) is 28.3 Å². The number of nitrogens with one attached hydrogen (secondary N) is 1. The van der Waals surface area contributed by atoms with Gasteiger partial charge in [0.25, 0.3) is 0 Å². The molecule has 0 aliphatic heterocycles. The van der Waals surface area contributed by atoms with Gasteiger partial charge in [-0.25, -0.2) is 0 Å². The Bertz CT molecular complexity index is 416. The molecule has 108 valence electrons. The van der Waals surface area contributed by atoms with Gasteiger partial charge in [-0.15, -0.1) is 0 Å². The van der Waals surface area contributed by atoms with E-state index >= 15 is 0 Å². The Kier molecular flexibility index (Phi) is 6.32. The van der Waals surface area contributed by atoms with E-state index in [-0.39, 0.29) is 0 Å². The third-order valence-electron chi connectivity index (χ3n) is 3.78. The van der Waals surface area contributed by atoms with Crippen molar-refractivity contribution < 1.29 is 4.74 Å². The maximum Gasteiger partial charge on any atom is 0.122 e. The zero-order chi connectivity index (χ0) is 14.4. The summed E-state index contributed by atoms with van der Waals surface area (Å²) < 4.78 is 5.42. The number of methoxy groups -OCH3 is 1. The molecule has 0 amide bonds. The number of hydrogen-bond acceptors (Lipinski definition) is 3. The second-order valence-electron chi connectivity index (χ2n) is 5.22. The fraction of sp³-hybridized carbons (Fsp3) is 0.625. The highest BCUT2D eigenvalue weighted by molar-refractivity contribution is 5.48. The van der Waals surface area contributed by atoms with Crippen LogP contribution < -0.4 is 10.1 Å². The first-order chi connectivity index (χ1) is 9.01. The normalized spacial score (nSPS) is 11.1. The molecule has 1 N–H and O–H groups in total. The quantitative estimate of drug-likeness (QED) is 0.766. The summed E-state index contributed by atoms with van der Waals surface area (Å²) in [5.74, 6) is 0.994. The number of ether oxygens (including phenoxy) is 1. The first-order valence-corrected chi connectivity index (χ1v) is 7.04. The molecule has 0 heterocycles. The molecule has 0 unspecified atom stereocenters. The van der Waals surface area contributed by atoms with Gasteiger partial charge in [-0.05, 0) is 62.7 Å². The Morgan fingerprint density at radius 1 is 1.21 bits per heavy atom. The Balaban J connectivity index is 2.81. The minimum absolute atomic E-state index is 0.994. The Hall–Kier alpha value is -1.06. The number of nitrogens with zero attached hydrogens (tertiary/aromatic N) is 1. The first-order valence-electron chi connectivity index (χ1n) is 7.04. The molecule has 1 rings (SSSR count). The lowest BCUT2D eigenvalue weighted by molar-refractivity contribution is 0.324. The highest BCUT2D eigenvalue weighted by Crippen LogP contribution is 2.28. The largest absolute Gasteiger partial charge is 0.496 e. The van der Waals surface area contributed by atoms with Crippen molar-refractivity contribution in [3.8, 4) is 5.75 Å². The molecule has 1 aromatic carbocycles.